The summed E-state index contributed by atoms with van der Waals surface area (Å²) in [4.78, 5) is 25.8. The molecular weight excluding hydrogens is 406 g/mol. The van der Waals surface area contributed by atoms with Crippen LogP contribution in [-0.4, -0.2) is 22.8 Å². The predicted octanol–water partition coefficient (Wildman–Crippen LogP) is 9.15. The summed E-state index contributed by atoms with van der Waals surface area (Å²) in [5.41, 5.74) is 0. The molecule has 0 bridgehead atoms. The van der Waals surface area contributed by atoms with E-state index in [1.54, 1.807) is 0 Å². The molecule has 3 nitrogen and oxygen atoms in total. The average molecular weight is 462 g/mol. The number of allylic oxidation sites excluding steroid dienone is 1. The van der Waals surface area contributed by atoms with Crippen molar-refractivity contribution in [3.8, 4) is 0 Å². The molecule has 1 saturated heterocycles. The molecule has 1 rings (SSSR count). The van der Waals surface area contributed by atoms with Crippen molar-refractivity contribution in [2.45, 2.75) is 162 Å². The molecule has 1 heterocycles. The summed E-state index contributed by atoms with van der Waals surface area (Å²) in [6.45, 7) is 6.71. The van der Waals surface area contributed by atoms with E-state index in [9.17, 15) is 9.59 Å². The minimum Gasteiger partial charge on any atom is -0.276 e. The second kappa shape index (κ2) is 20.3. The predicted molar refractivity (Wildman–Crippen MR) is 142 cm³/mol. The summed E-state index contributed by atoms with van der Waals surface area (Å²) in [7, 11) is 0. The molecule has 2 atom stereocenters. The second-order valence-electron chi connectivity index (χ2n) is 10.5. The monoisotopic (exact) mass is 461 g/mol. The molecule has 0 radical (unpaired) electrons. The maximum Gasteiger partial charge on any atom is 0.230 e. The zero-order valence-electron chi connectivity index (χ0n) is 22.4. The molecule has 192 valence electrons. The van der Waals surface area contributed by atoms with Gasteiger partial charge < -0.3 is 0 Å². The fraction of sp³-hybridized carbons (Fsp3) is 0.867. The Morgan fingerprint density at radius 3 is 1.48 bits per heavy atom. The van der Waals surface area contributed by atoms with Gasteiger partial charge >= 0.3 is 0 Å². The van der Waals surface area contributed by atoms with E-state index in [1.807, 2.05) is 0 Å². The first-order chi connectivity index (χ1) is 16.1. The Kier molecular flexibility index (Phi) is 18.4. The van der Waals surface area contributed by atoms with E-state index in [0.29, 0.717) is 18.8 Å². The van der Waals surface area contributed by atoms with E-state index in [2.05, 4.69) is 32.9 Å². The number of amides is 2. The zero-order chi connectivity index (χ0) is 24.2. The Morgan fingerprint density at radius 2 is 1.03 bits per heavy atom. The van der Waals surface area contributed by atoms with E-state index >= 15 is 0 Å². The molecule has 1 aliphatic rings. The number of unbranched alkanes of at least 4 members (excludes halogenated alkanes) is 15. The van der Waals surface area contributed by atoms with Crippen LogP contribution in [0.15, 0.2) is 12.2 Å². The zero-order valence-corrected chi connectivity index (χ0v) is 22.4. The van der Waals surface area contributed by atoms with Crippen molar-refractivity contribution in [3.05, 3.63) is 12.2 Å². The standard InChI is InChI=1S/C30H55NO2/c1-4-6-8-9-10-11-12-13-14-15-16-17-18-19-20-21-27(3)23-24-28(22-7-5-2)31-29(32)25-26-30(31)33/h23-24,27-28H,4-22,25-26H2,1-3H3. The first kappa shape index (κ1) is 29.9. The number of hydrogen-bond donors (Lipinski definition) is 0. The van der Waals surface area contributed by atoms with Crippen LogP contribution in [0.4, 0.5) is 0 Å². The van der Waals surface area contributed by atoms with Gasteiger partial charge in [-0.05, 0) is 18.8 Å². The molecule has 0 aliphatic carbocycles. The van der Waals surface area contributed by atoms with Crippen LogP contribution in [0.1, 0.15) is 156 Å². The number of hydrogen-bond acceptors (Lipinski definition) is 2. The summed E-state index contributed by atoms with van der Waals surface area (Å²) >= 11 is 0. The van der Waals surface area contributed by atoms with E-state index in [4.69, 9.17) is 0 Å². The van der Waals surface area contributed by atoms with Crippen molar-refractivity contribution < 1.29 is 9.59 Å². The molecule has 33 heavy (non-hydrogen) atoms. The van der Waals surface area contributed by atoms with Crippen molar-refractivity contribution in [1.82, 2.24) is 4.90 Å². The van der Waals surface area contributed by atoms with Gasteiger partial charge in [0, 0.05) is 12.8 Å². The highest BCUT2D eigenvalue weighted by atomic mass is 16.2. The van der Waals surface area contributed by atoms with Crippen LogP contribution < -0.4 is 0 Å². The highest BCUT2D eigenvalue weighted by Crippen LogP contribution is 2.22. The molecule has 0 saturated carbocycles. The summed E-state index contributed by atoms with van der Waals surface area (Å²) in [6.07, 6.45) is 30.5. The molecule has 2 unspecified atom stereocenters. The van der Waals surface area contributed by atoms with E-state index < -0.39 is 0 Å². The maximum absolute atomic E-state index is 12.1. The van der Waals surface area contributed by atoms with Crippen LogP contribution in [0.25, 0.3) is 0 Å². The van der Waals surface area contributed by atoms with Gasteiger partial charge in [-0.1, -0.05) is 142 Å². The lowest BCUT2D eigenvalue weighted by Crippen LogP contribution is -2.38. The maximum atomic E-state index is 12.1. The number of carbonyl (C=O) groups is 2. The molecular formula is C30H55NO2. The Morgan fingerprint density at radius 1 is 0.606 bits per heavy atom. The van der Waals surface area contributed by atoms with Crippen molar-refractivity contribution in [2.24, 2.45) is 5.92 Å². The quantitative estimate of drug-likeness (QED) is 0.0915. The Bertz CT molecular complexity index is 511. The van der Waals surface area contributed by atoms with Crippen molar-refractivity contribution in [3.63, 3.8) is 0 Å². The minimum absolute atomic E-state index is 0.0146. The van der Waals surface area contributed by atoms with Gasteiger partial charge in [0.25, 0.3) is 0 Å². The third-order valence-electron chi connectivity index (χ3n) is 7.20. The highest BCUT2D eigenvalue weighted by Gasteiger charge is 2.33. The SMILES string of the molecule is CCCCCCCCCCCCCCCCCC(C)C=CC(CCCC)N1C(=O)CCC1=O. The van der Waals surface area contributed by atoms with E-state index in [1.165, 1.54) is 108 Å². The minimum atomic E-state index is -0.0315. The molecule has 0 aromatic heterocycles. The molecule has 1 aliphatic heterocycles. The molecule has 1 fully saturated rings. The lowest BCUT2D eigenvalue weighted by atomic mass is 9.99. The first-order valence-corrected chi connectivity index (χ1v) is 14.6. The van der Waals surface area contributed by atoms with Crippen LogP contribution in [0, 0.1) is 5.92 Å². The number of carbonyl (C=O) groups excluding carboxylic acids is 2. The lowest BCUT2D eigenvalue weighted by molar-refractivity contribution is -0.140. The van der Waals surface area contributed by atoms with Gasteiger partial charge in [-0.2, -0.15) is 0 Å². The fourth-order valence-electron chi connectivity index (χ4n) is 4.94. The summed E-state index contributed by atoms with van der Waals surface area (Å²) in [5, 5.41) is 0. The number of imide groups is 1. The largest absolute Gasteiger partial charge is 0.276 e. The summed E-state index contributed by atoms with van der Waals surface area (Å²) < 4.78 is 0. The van der Waals surface area contributed by atoms with Crippen LogP contribution in [0.5, 0.6) is 0 Å². The lowest BCUT2D eigenvalue weighted by Gasteiger charge is -2.24. The van der Waals surface area contributed by atoms with Crippen LogP contribution in [-0.2, 0) is 9.59 Å². The topological polar surface area (TPSA) is 37.4 Å². The van der Waals surface area contributed by atoms with Gasteiger partial charge in [0.15, 0.2) is 0 Å². The normalized spacial score (nSPS) is 16.3. The molecule has 0 aromatic rings. The molecule has 0 spiro atoms. The summed E-state index contributed by atoms with van der Waals surface area (Å²) in [5.74, 6) is 0.547. The second-order valence-corrected chi connectivity index (χ2v) is 10.5. The van der Waals surface area contributed by atoms with Crippen molar-refractivity contribution >= 4 is 11.8 Å². The van der Waals surface area contributed by atoms with Crippen LogP contribution in [0.3, 0.4) is 0 Å². The Labute approximate surface area is 206 Å². The van der Waals surface area contributed by atoms with Gasteiger partial charge in [0.2, 0.25) is 11.8 Å². The van der Waals surface area contributed by atoms with Gasteiger partial charge in [0.1, 0.15) is 0 Å². The van der Waals surface area contributed by atoms with Crippen molar-refractivity contribution in [2.75, 3.05) is 0 Å². The third-order valence-corrected chi connectivity index (χ3v) is 7.20. The first-order valence-electron chi connectivity index (χ1n) is 14.6. The number of likely N-dealkylation sites (tertiary alicyclic amines) is 1. The molecule has 0 aromatic carbocycles. The van der Waals surface area contributed by atoms with Gasteiger partial charge in [-0.25, -0.2) is 0 Å². The van der Waals surface area contributed by atoms with E-state index in [-0.39, 0.29) is 17.9 Å². The number of rotatable bonds is 22. The third kappa shape index (κ3) is 14.7. The van der Waals surface area contributed by atoms with Gasteiger partial charge in [-0.3, -0.25) is 14.5 Å². The Balaban J connectivity index is 2.04. The van der Waals surface area contributed by atoms with Crippen molar-refractivity contribution in [1.29, 1.82) is 0 Å². The van der Waals surface area contributed by atoms with Crippen LogP contribution in [0.2, 0.25) is 0 Å². The van der Waals surface area contributed by atoms with E-state index in [0.717, 1.165) is 19.3 Å². The summed E-state index contributed by atoms with van der Waals surface area (Å²) in [6, 6.07) is -0.0315. The Hall–Kier alpha value is -1.12. The number of nitrogens with zero attached hydrogens (tertiary/aromatic N) is 1. The smallest absolute Gasteiger partial charge is 0.230 e. The van der Waals surface area contributed by atoms with Gasteiger partial charge in [0.05, 0.1) is 6.04 Å². The average Bonchev–Trinajstić information content (AvgIpc) is 3.14. The fourth-order valence-corrected chi connectivity index (χ4v) is 4.94. The molecule has 0 N–H and O–H groups in total. The van der Waals surface area contributed by atoms with Gasteiger partial charge in [-0.15, -0.1) is 0 Å². The molecule has 2 amide bonds. The highest BCUT2D eigenvalue weighted by molar-refractivity contribution is 6.02. The molecule has 3 heteroatoms. The van der Waals surface area contributed by atoms with Crippen LogP contribution >= 0.6 is 0 Å².